The third-order valence-electron chi connectivity index (χ3n) is 5.95. The van der Waals surface area contributed by atoms with Crippen molar-refractivity contribution < 1.29 is 28.4 Å². The van der Waals surface area contributed by atoms with Gasteiger partial charge in [-0.25, -0.2) is 9.18 Å². The number of carbonyl (C=O) groups excluding carboxylic acids is 3. The van der Waals surface area contributed by atoms with Gasteiger partial charge in [0, 0.05) is 44.9 Å². The van der Waals surface area contributed by atoms with E-state index < -0.39 is 34.3 Å². The minimum atomic E-state index is -1.50. The van der Waals surface area contributed by atoms with Crippen molar-refractivity contribution in [1.82, 2.24) is 5.32 Å². The number of hydrogen-bond acceptors (Lipinski definition) is 9. The van der Waals surface area contributed by atoms with Gasteiger partial charge in [0.05, 0.1) is 21.9 Å². The van der Waals surface area contributed by atoms with E-state index in [2.05, 4.69) is 5.32 Å². The van der Waals surface area contributed by atoms with E-state index in [9.17, 15) is 28.9 Å². The van der Waals surface area contributed by atoms with Gasteiger partial charge >= 0.3 is 5.97 Å². The first-order valence-electron chi connectivity index (χ1n) is 10.9. The van der Waals surface area contributed by atoms with Crippen LogP contribution in [0.1, 0.15) is 22.8 Å². The lowest BCUT2D eigenvalue weighted by Crippen LogP contribution is -2.54. The topological polar surface area (TPSA) is 122 Å². The molecule has 0 spiro atoms. The van der Waals surface area contributed by atoms with Gasteiger partial charge in [-0.05, 0) is 36.8 Å². The molecule has 0 radical (unpaired) electrons. The van der Waals surface area contributed by atoms with Gasteiger partial charge in [0.25, 0.3) is 5.69 Å². The fraction of sp³-hybridized carbons (Fsp3) is 0.348. The monoisotopic (exact) mass is 470 g/mol. The molecule has 2 aromatic carbocycles. The number of Topliss-reactive ketones (excluding diaryl/α,β-unsaturated/α-hetero) is 2. The van der Waals surface area contributed by atoms with Crippen LogP contribution in [0.2, 0.25) is 0 Å². The highest BCUT2D eigenvalue weighted by Crippen LogP contribution is 2.35. The Morgan fingerprint density at radius 1 is 1.18 bits per heavy atom. The van der Waals surface area contributed by atoms with E-state index in [0.717, 1.165) is 6.07 Å². The number of non-ortho nitro benzene ring substituents is 1. The Balaban J connectivity index is 1.59. The second kappa shape index (κ2) is 9.56. The summed E-state index contributed by atoms with van der Waals surface area (Å²) in [5.74, 6) is -3.45. The number of piperazine rings is 1. The highest BCUT2D eigenvalue weighted by atomic mass is 19.1. The molecule has 0 aromatic heterocycles. The minimum absolute atomic E-state index is 0.0809. The maximum Gasteiger partial charge on any atom is 0.337 e. The van der Waals surface area contributed by atoms with Crippen molar-refractivity contribution in [1.29, 1.82) is 0 Å². The minimum Gasteiger partial charge on any atom is -0.459 e. The van der Waals surface area contributed by atoms with Crippen molar-refractivity contribution in [3.63, 3.8) is 0 Å². The zero-order valence-corrected chi connectivity index (χ0v) is 18.5. The molecule has 2 aromatic rings. The van der Waals surface area contributed by atoms with E-state index in [4.69, 9.17) is 4.74 Å². The van der Waals surface area contributed by atoms with Gasteiger partial charge in [-0.3, -0.25) is 19.7 Å². The number of nitro benzene ring substituents is 1. The lowest BCUT2D eigenvalue weighted by atomic mass is 9.92. The van der Waals surface area contributed by atoms with Gasteiger partial charge in [-0.15, -0.1) is 0 Å². The van der Waals surface area contributed by atoms with Crippen molar-refractivity contribution in [2.75, 3.05) is 42.5 Å². The first-order chi connectivity index (χ1) is 16.3. The summed E-state index contributed by atoms with van der Waals surface area (Å²) in [7, 11) is 0. The number of fused-ring (bicyclic) bond motifs is 1. The van der Waals surface area contributed by atoms with Crippen LogP contribution >= 0.6 is 0 Å². The average Bonchev–Trinajstić information content (AvgIpc) is 2.85. The van der Waals surface area contributed by atoms with Crippen LogP contribution in [0.25, 0.3) is 0 Å². The van der Waals surface area contributed by atoms with Crippen LogP contribution in [-0.4, -0.2) is 61.2 Å². The predicted octanol–water partition coefficient (Wildman–Crippen LogP) is 1.85. The molecule has 34 heavy (non-hydrogen) atoms. The number of nitro groups is 1. The summed E-state index contributed by atoms with van der Waals surface area (Å²) in [6, 6.07) is 6.51. The van der Waals surface area contributed by atoms with Gasteiger partial charge in [0.2, 0.25) is 11.6 Å². The quantitative estimate of drug-likeness (QED) is 0.222. The van der Waals surface area contributed by atoms with Crippen LogP contribution in [0, 0.1) is 15.9 Å². The van der Waals surface area contributed by atoms with Crippen molar-refractivity contribution in [3.8, 4) is 0 Å². The lowest BCUT2D eigenvalue weighted by Gasteiger charge is -2.36. The molecule has 1 fully saturated rings. The van der Waals surface area contributed by atoms with E-state index in [0.29, 0.717) is 43.1 Å². The standard InChI is InChI=1S/C23H23FN4O6/c1-2-27-18-12-19(26-9-7-25-8-10-26)17(24)11-16(18)21(29)22(30)20(27)23(31)34-13-14-3-5-15(6-4-14)28(32)33/h3-6,11-12,20,25H,2,7-10,13H2,1H3. The molecule has 2 aliphatic rings. The number of nitrogens with one attached hydrogen (secondary N) is 1. The highest BCUT2D eigenvalue weighted by Gasteiger charge is 2.44. The van der Waals surface area contributed by atoms with Gasteiger partial charge in [-0.2, -0.15) is 0 Å². The molecule has 0 saturated carbocycles. The number of likely N-dealkylation sites (N-methyl/N-ethyl adjacent to an activating group) is 1. The van der Waals surface area contributed by atoms with Crippen molar-refractivity contribution in [3.05, 3.63) is 63.5 Å². The molecule has 2 aliphatic heterocycles. The number of nitrogens with zero attached hydrogens (tertiary/aromatic N) is 3. The molecule has 4 rings (SSSR count). The second-order valence-electron chi connectivity index (χ2n) is 7.97. The van der Waals surface area contributed by atoms with Gasteiger partial charge in [0.1, 0.15) is 12.4 Å². The third-order valence-corrected chi connectivity index (χ3v) is 5.95. The first-order valence-corrected chi connectivity index (χ1v) is 10.9. The molecule has 0 bridgehead atoms. The Bertz CT molecular complexity index is 1150. The molecule has 0 amide bonds. The van der Waals surface area contributed by atoms with E-state index in [-0.39, 0.29) is 24.4 Å². The van der Waals surface area contributed by atoms with Crippen LogP contribution in [0.3, 0.4) is 0 Å². The smallest absolute Gasteiger partial charge is 0.337 e. The maximum absolute atomic E-state index is 14.9. The number of hydrogen-bond donors (Lipinski definition) is 1. The number of benzene rings is 2. The van der Waals surface area contributed by atoms with Crippen molar-refractivity contribution >= 4 is 34.6 Å². The van der Waals surface area contributed by atoms with Crippen LogP contribution in [0.15, 0.2) is 36.4 Å². The molecular formula is C23H23FN4O6. The van der Waals surface area contributed by atoms with Crippen molar-refractivity contribution in [2.24, 2.45) is 0 Å². The largest absolute Gasteiger partial charge is 0.459 e. The SMILES string of the molecule is CCN1c2cc(N3CCNCC3)c(F)cc2C(=O)C(=O)C1C(=O)OCc1ccc([N+](=O)[O-])cc1. The maximum atomic E-state index is 14.9. The summed E-state index contributed by atoms with van der Waals surface area (Å²) >= 11 is 0. The van der Waals surface area contributed by atoms with Crippen LogP contribution in [0.4, 0.5) is 21.5 Å². The van der Waals surface area contributed by atoms with Crippen LogP contribution in [-0.2, 0) is 20.9 Å². The molecule has 11 heteroatoms. The Morgan fingerprint density at radius 3 is 2.47 bits per heavy atom. The summed E-state index contributed by atoms with van der Waals surface area (Å²) in [6.45, 7) is 4.22. The zero-order valence-electron chi connectivity index (χ0n) is 18.5. The fourth-order valence-corrected chi connectivity index (χ4v) is 4.19. The number of halogens is 1. The van der Waals surface area contributed by atoms with E-state index >= 15 is 0 Å². The van der Waals surface area contributed by atoms with E-state index in [1.165, 1.54) is 35.2 Å². The molecule has 10 nitrogen and oxygen atoms in total. The summed E-state index contributed by atoms with van der Waals surface area (Å²) in [5, 5.41) is 14.0. The van der Waals surface area contributed by atoms with E-state index in [1.54, 1.807) is 6.92 Å². The number of anilines is 2. The lowest BCUT2D eigenvalue weighted by molar-refractivity contribution is -0.384. The Hall–Kier alpha value is -3.86. The zero-order chi connectivity index (χ0) is 24.4. The summed E-state index contributed by atoms with van der Waals surface area (Å²) in [4.78, 5) is 52.0. The highest BCUT2D eigenvalue weighted by molar-refractivity contribution is 6.51. The Kier molecular flexibility index (Phi) is 6.55. The number of esters is 1. The molecule has 0 aliphatic carbocycles. The van der Waals surface area contributed by atoms with Gasteiger partial charge < -0.3 is 19.9 Å². The molecule has 1 N–H and O–H groups in total. The number of rotatable bonds is 6. The Labute approximate surface area is 194 Å². The number of carbonyl (C=O) groups is 3. The molecule has 1 atom stereocenters. The van der Waals surface area contributed by atoms with Crippen molar-refractivity contribution in [2.45, 2.75) is 19.6 Å². The summed E-state index contributed by atoms with van der Waals surface area (Å²) in [5.41, 5.74) is 0.908. The number of ether oxygens (including phenoxy) is 1. The predicted molar refractivity (Wildman–Crippen MR) is 121 cm³/mol. The third kappa shape index (κ3) is 4.34. The molecule has 2 heterocycles. The molecular weight excluding hydrogens is 447 g/mol. The number of ketones is 2. The first kappa shape index (κ1) is 23.3. The fourth-order valence-electron chi connectivity index (χ4n) is 4.19. The van der Waals surface area contributed by atoms with Gasteiger partial charge in [-0.1, -0.05) is 0 Å². The average molecular weight is 470 g/mol. The molecule has 1 saturated heterocycles. The van der Waals surface area contributed by atoms with Gasteiger partial charge in [0.15, 0.2) is 6.04 Å². The van der Waals surface area contributed by atoms with E-state index in [1.807, 2.05) is 4.90 Å². The Morgan fingerprint density at radius 2 is 1.85 bits per heavy atom. The summed E-state index contributed by atoms with van der Waals surface area (Å²) in [6.07, 6.45) is 0. The molecule has 178 valence electrons. The van der Waals surface area contributed by atoms with Crippen LogP contribution in [0.5, 0.6) is 0 Å². The second-order valence-corrected chi connectivity index (χ2v) is 7.97. The normalized spacial score (nSPS) is 18.0. The molecule has 1 unspecified atom stereocenters. The summed E-state index contributed by atoms with van der Waals surface area (Å²) < 4.78 is 20.1. The van der Waals surface area contributed by atoms with Crippen LogP contribution < -0.4 is 15.1 Å².